The number of unbranched alkanes of at least 4 members (excludes halogenated alkanes) is 1. The predicted octanol–water partition coefficient (Wildman–Crippen LogP) is 2.71. The van der Waals surface area contributed by atoms with Crippen molar-refractivity contribution in [1.29, 1.82) is 0 Å². The van der Waals surface area contributed by atoms with Crippen LogP contribution in [0.15, 0.2) is 12.2 Å². The van der Waals surface area contributed by atoms with Crippen LogP contribution < -0.4 is 0 Å². The number of carbonyl (C=O) groups is 1. The molecule has 0 aliphatic heterocycles. The van der Waals surface area contributed by atoms with Crippen molar-refractivity contribution in [3.05, 3.63) is 12.2 Å². The maximum atomic E-state index is 11.1. The zero-order valence-corrected chi connectivity index (χ0v) is 7.18. The highest BCUT2D eigenvalue weighted by Gasteiger charge is 2.20. The van der Waals surface area contributed by atoms with Crippen molar-refractivity contribution in [2.75, 3.05) is 0 Å². The number of rotatable bonds is 3. The monoisotopic (exact) mass is 152 g/mol. The Kier molecular flexibility index (Phi) is 3.34. The van der Waals surface area contributed by atoms with Gasteiger partial charge in [-0.25, -0.2) is 0 Å². The number of hydrogen-bond donors (Lipinski definition) is 0. The van der Waals surface area contributed by atoms with Gasteiger partial charge in [0.2, 0.25) is 0 Å². The van der Waals surface area contributed by atoms with Crippen LogP contribution in [0.3, 0.4) is 0 Å². The van der Waals surface area contributed by atoms with Gasteiger partial charge in [0.05, 0.1) is 0 Å². The van der Waals surface area contributed by atoms with E-state index in [1.165, 1.54) is 6.42 Å². The number of allylic oxidation sites excluding steroid dienone is 2. The molecule has 1 saturated carbocycles. The number of ketones is 1. The molecule has 0 aromatic carbocycles. The zero-order chi connectivity index (χ0) is 8.10. The van der Waals surface area contributed by atoms with Crippen molar-refractivity contribution in [3.8, 4) is 0 Å². The number of Topliss-reactive ketones (excluding diaryl/α,β-unsaturated/α-hetero) is 1. The summed E-state index contributed by atoms with van der Waals surface area (Å²) in [4.78, 5) is 11.1. The summed E-state index contributed by atoms with van der Waals surface area (Å²) >= 11 is 0. The summed E-state index contributed by atoms with van der Waals surface area (Å²) in [5, 5.41) is 0. The Morgan fingerprint density at radius 1 is 1.64 bits per heavy atom. The molecule has 0 aromatic heterocycles. The fourth-order valence-corrected chi connectivity index (χ4v) is 1.47. The fraction of sp³-hybridized carbons (Fsp3) is 0.700. The highest BCUT2D eigenvalue weighted by atomic mass is 16.1. The lowest BCUT2D eigenvalue weighted by atomic mass is 10.1. The third-order valence-electron chi connectivity index (χ3n) is 2.18. The topological polar surface area (TPSA) is 17.1 Å². The summed E-state index contributed by atoms with van der Waals surface area (Å²) in [6.07, 6.45) is 9.52. The van der Waals surface area contributed by atoms with E-state index in [-0.39, 0.29) is 5.92 Å². The van der Waals surface area contributed by atoms with Gasteiger partial charge in [-0.2, -0.15) is 0 Å². The van der Waals surface area contributed by atoms with Crippen LogP contribution in [0.4, 0.5) is 0 Å². The van der Waals surface area contributed by atoms with Crippen molar-refractivity contribution in [2.45, 2.75) is 39.0 Å². The van der Waals surface area contributed by atoms with E-state index in [9.17, 15) is 4.79 Å². The quantitative estimate of drug-likeness (QED) is 0.568. The van der Waals surface area contributed by atoms with E-state index in [0.29, 0.717) is 5.78 Å². The average Bonchev–Trinajstić information content (AvgIpc) is 2.37. The van der Waals surface area contributed by atoms with E-state index >= 15 is 0 Å². The van der Waals surface area contributed by atoms with Crippen LogP contribution in [0.25, 0.3) is 0 Å². The van der Waals surface area contributed by atoms with Gasteiger partial charge in [0.1, 0.15) is 5.78 Å². The van der Waals surface area contributed by atoms with E-state index in [1.54, 1.807) is 0 Å². The Balaban J connectivity index is 2.30. The molecule has 1 heteroatoms. The largest absolute Gasteiger partial charge is 0.299 e. The van der Waals surface area contributed by atoms with Crippen LogP contribution in [0, 0.1) is 5.92 Å². The van der Waals surface area contributed by atoms with Crippen LogP contribution in [-0.4, -0.2) is 5.78 Å². The van der Waals surface area contributed by atoms with E-state index in [0.717, 1.165) is 25.7 Å². The van der Waals surface area contributed by atoms with Gasteiger partial charge < -0.3 is 0 Å². The van der Waals surface area contributed by atoms with Gasteiger partial charge in [-0.05, 0) is 19.3 Å². The highest BCUT2D eigenvalue weighted by molar-refractivity contribution is 5.84. The number of hydrogen-bond acceptors (Lipinski definition) is 1. The molecule has 1 fully saturated rings. The molecule has 1 rings (SSSR count). The SMILES string of the molecule is CCCC=CC1CCCC1=O. The third-order valence-corrected chi connectivity index (χ3v) is 2.18. The second kappa shape index (κ2) is 4.32. The molecule has 1 aliphatic carbocycles. The molecule has 1 atom stereocenters. The summed E-state index contributed by atoms with van der Waals surface area (Å²) in [6.45, 7) is 2.15. The average molecular weight is 152 g/mol. The normalized spacial score (nSPS) is 25.2. The summed E-state index contributed by atoms with van der Waals surface area (Å²) in [5.74, 6) is 0.707. The van der Waals surface area contributed by atoms with Crippen LogP contribution >= 0.6 is 0 Å². The van der Waals surface area contributed by atoms with Crippen LogP contribution in [-0.2, 0) is 4.79 Å². The van der Waals surface area contributed by atoms with Gasteiger partial charge in [-0.15, -0.1) is 0 Å². The van der Waals surface area contributed by atoms with E-state index < -0.39 is 0 Å². The van der Waals surface area contributed by atoms with Gasteiger partial charge in [-0.3, -0.25) is 4.79 Å². The molecule has 0 aromatic rings. The second-order valence-electron chi connectivity index (χ2n) is 3.18. The van der Waals surface area contributed by atoms with E-state index in [1.807, 2.05) is 0 Å². The molecule has 0 spiro atoms. The Labute approximate surface area is 68.5 Å². The van der Waals surface area contributed by atoms with Crippen molar-refractivity contribution in [2.24, 2.45) is 5.92 Å². The molecule has 0 N–H and O–H groups in total. The minimum atomic E-state index is 0.265. The molecule has 0 saturated heterocycles. The Morgan fingerprint density at radius 2 is 2.45 bits per heavy atom. The Bertz CT molecular complexity index is 158. The molecule has 62 valence electrons. The van der Waals surface area contributed by atoms with Crippen molar-refractivity contribution >= 4 is 5.78 Å². The van der Waals surface area contributed by atoms with Gasteiger partial charge in [0.25, 0.3) is 0 Å². The minimum absolute atomic E-state index is 0.265. The molecular formula is C10H16O. The first kappa shape index (κ1) is 8.51. The summed E-state index contributed by atoms with van der Waals surface area (Å²) < 4.78 is 0. The fourth-order valence-electron chi connectivity index (χ4n) is 1.47. The molecule has 11 heavy (non-hydrogen) atoms. The third kappa shape index (κ3) is 2.49. The van der Waals surface area contributed by atoms with Crippen LogP contribution in [0.2, 0.25) is 0 Å². The maximum Gasteiger partial charge on any atom is 0.139 e. The predicted molar refractivity (Wildman–Crippen MR) is 46.4 cm³/mol. The molecule has 0 bridgehead atoms. The second-order valence-corrected chi connectivity index (χ2v) is 3.18. The molecule has 0 amide bonds. The standard InChI is InChI=1S/C10H16O/c1-2-3-4-6-9-7-5-8-10(9)11/h4,6,9H,2-3,5,7-8H2,1H3. The van der Waals surface area contributed by atoms with Crippen molar-refractivity contribution in [1.82, 2.24) is 0 Å². The summed E-state index contributed by atoms with van der Waals surface area (Å²) in [6, 6.07) is 0. The highest BCUT2D eigenvalue weighted by Crippen LogP contribution is 2.22. The zero-order valence-electron chi connectivity index (χ0n) is 7.18. The van der Waals surface area contributed by atoms with Crippen LogP contribution in [0.1, 0.15) is 39.0 Å². The first-order chi connectivity index (χ1) is 5.34. The molecule has 1 nitrogen and oxygen atoms in total. The van der Waals surface area contributed by atoms with E-state index in [4.69, 9.17) is 0 Å². The lowest BCUT2D eigenvalue weighted by Crippen LogP contribution is -2.01. The molecular weight excluding hydrogens is 136 g/mol. The number of carbonyl (C=O) groups excluding carboxylic acids is 1. The van der Waals surface area contributed by atoms with Gasteiger partial charge in [-0.1, -0.05) is 25.5 Å². The van der Waals surface area contributed by atoms with Gasteiger partial charge in [0, 0.05) is 12.3 Å². The first-order valence-electron chi connectivity index (χ1n) is 4.54. The first-order valence-corrected chi connectivity index (χ1v) is 4.54. The minimum Gasteiger partial charge on any atom is -0.299 e. The van der Waals surface area contributed by atoms with Crippen LogP contribution in [0.5, 0.6) is 0 Å². The maximum absolute atomic E-state index is 11.1. The van der Waals surface area contributed by atoms with Crippen molar-refractivity contribution in [3.63, 3.8) is 0 Å². The van der Waals surface area contributed by atoms with Crippen molar-refractivity contribution < 1.29 is 4.79 Å². The Hall–Kier alpha value is -0.590. The van der Waals surface area contributed by atoms with Gasteiger partial charge >= 0.3 is 0 Å². The smallest absolute Gasteiger partial charge is 0.139 e. The van der Waals surface area contributed by atoms with E-state index in [2.05, 4.69) is 19.1 Å². The summed E-state index contributed by atoms with van der Waals surface area (Å²) in [5.41, 5.74) is 0. The molecule has 0 heterocycles. The molecule has 0 radical (unpaired) electrons. The summed E-state index contributed by atoms with van der Waals surface area (Å²) in [7, 11) is 0. The lowest BCUT2D eigenvalue weighted by molar-refractivity contribution is -0.119. The lowest BCUT2D eigenvalue weighted by Gasteiger charge is -1.97. The Morgan fingerprint density at radius 3 is 3.00 bits per heavy atom. The molecule has 1 aliphatic rings. The molecule has 1 unspecified atom stereocenters. The van der Waals surface area contributed by atoms with Gasteiger partial charge in [0.15, 0.2) is 0 Å².